The van der Waals surface area contributed by atoms with Crippen LogP contribution in [0.15, 0.2) is 41.4 Å². The molecular weight excluding hydrogens is 482 g/mol. The van der Waals surface area contributed by atoms with Gasteiger partial charge in [-0.25, -0.2) is 4.98 Å². The monoisotopic (exact) mass is 499 g/mol. The van der Waals surface area contributed by atoms with Crippen LogP contribution in [0.1, 0.15) is 38.1 Å². The Bertz CT molecular complexity index is 1330. The van der Waals surface area contributed by atoms with E-state index in [2.05, 4.69) is 10.3 Å². The third-order valence-electron chi connectivity index (χ3n) is 5.07. The first-order chi connectivity index (χ1) is 15.7. The predicted octanol–water partition coefficient (Wildman–Crippen LogP) is 4.93. The first-order valence-corrected chi connectivity index (χ1v) is 11.9. The zero-order valence-corrected chi connectivity index (χ0v) is 20.1. The fourth-order valence-electron chi connectivity index (χ4n) is 3.27. The number of amides is 3. The topological polar surface area (TPSA) is 96.4 Å². The van der Waals surface area contributed by atoms with Crippen molar-refractivity contribution in [3.05, 3.63) is 68.0 Å². The van der Waals surface area contributed by atoms with E-state index in [1.807, 2.05) is 0 Å². The van der Waals surface area contributed by atoms with E-state index in [9.17, 15) is 19.2 Å². The van der Waals surface area contributed by atoms with Crippen LogP contribution in [-0.4, -0.2) is 45.8 Å². The number of aromatic nitrogens is 1. The molecule has 7 nitrogen and oxygen atoms in total. The number of benzene rings is 1. The number of imide groups is 1. The van der Waals surface area contributed by atoms with E-state index in [1.165, 1.54) is 24.5 Å². The summed E-state index contributed by atoms with van der Waals surface area (Å²) in [5.41, 5.74) is 1.99. The minimum Gasteiger partial charge on any atom is -0.350 e. The number of nitrogens with zero attached hydrogens (tertiary/aromatic N) is 2. The Balaban J connectivity index is 1.41. The molecular formula is C23H18ClN3O4S2. The molecule has 4 rings (SSSR count). The van der Waals surface area contributed by atoms with Crippen molar-refractivity contribution >= 4 is 73.8 Å². The third kappa shape index (κ3) is 4.85. The Labute approximate surface area is 202 Å². The second-order valence-electron chi connectivity index (χ2n) is 7.33. The highest BCUT2D eigenvalue weighted by Crippen LogP contribution is 2.32. The normalized spacial score (nSPS) is 15.0. The molecule has 168 valence electrons. The summed E-state index contributed by atoms with van der Waals surface area (Å²) in [6.45, 7) is 3.45. The van der Waals surface area contributed by atoms with E-state index in [0.717, 1.165) is 33.2 Å². The molecule has 33 heavy (non-hydrogen) atoms. The number of hydrogen-bond acceptors (Lipinski definition) is 7. The van der Waals surface area contributed by atoms with E-state index in [-0.39, 0.29) is 30.0 Å². The third-order valence-corrected chi connectivity index (χ3v) is 7.44. The van der Waals surface area contributed by atoms with Gasteiger partial charge in [-0.1, -0.05) is 23.7 Å². The average molecular weight is 500 g/mol. The van der Waals surface area contributed by atoms with Crippen molar-refractivity contribution in [3.63, 3.8) is 0 Å². The summed E-state index contributed by atoms with van der Waals surface area (Å²) in [7, 11) is 0. The molecule has 0 atom stereocenters. The zero-order valence-electron chi connectivity index (χ0n) is 17.7. The van der Waals surface area contributed by atoms with Crippen LogP contribution >= 0.6 is 34.7 Å². The van der Waals surface area contributed by atoms with Gasteiger partial charge in [0.25, 0.3) is 17.1 Å². The molecule has 1 saturated heterocycles. The molecule has 3 amide bonds. The van der Waals surface area contributed by atoms with Gasteiger partial charge >= 0.3 is 0 Å². The largest absolute Gasteiger partial charge is 0.350 e. The Morgan fingerprint density at radius 3 is 2.64 bits per heavy atom. The van der Waals surface area contributed by atoms with Crippen molar-refractivity contribution < 1.29 is 19.2 Å². The summed E-state index contributed by atoms with van der Waals surface area (Å²) in [6.07, 6.45) is 3.14. The van der Waals surface area contributed by atoms with Gasteiger partial charge < -0.3 is 5.32 Å². The van der Waals surface area contributed by atoms with E-state index >= 15 is 0 Å². The fourth-order valence-corrected chi connectivity index (χ4v) is 5.31. The molecule has 1 fully saturated rings. The van der Waals surface area contributed by atoms with Crippen LogP contribution in [0.3, 0.4) is 0 Å². The lowest BCUT2D eigenvalue weighted by Crippen LogP contribution is -2.37. The predicted molar refractivity (Wildman–Crippen MR) is 131 cm³/mol. The average Bonchev–Trinajstić information content (AvgIpc) is 3.25. The number of hydrogen-bond donors (Lipinski definition) is 1. The van der Waals surface area contributed by atoms with Gasteiger partial charge in [-0.15, -0.1) is 11.3 Å². The molecule has 10 heteroatoms. The van der Waals surface area contributed by atoms with Crippen molar-refractivity contribution in [1.29, 1.82) is 0 Å². The molecule has 1 aliphatic heterocycles. The number of nitrogens with one attached hydrogen (secondary N) is 1. The number of rotatable bonds is 6. The first kappa shape index (κ1) is 23.2. The van der Waals surface area contributed by atoms with Crippen LogP contribution in [-0.2, 0) is 4.79 Å². The molecule has 3 aromatic rings. The summed E-state index contributed by atoms with van der Waals surface area (Å²) in [4.78, 5) is 56.1. The maximum Gasteiger partial charge on any atom is 0.293 e. The van der Waals surface area contributed by atoms with E-state index in [4.69, 9.17) is 11.6 Å². The van der Waals surface area contributed by atoms with Crippen LogP contribution in [0.25, 0.3) is 16.3 Å². The van der Waals surface area contributed by atoms with Crippen molar-refractivity contribution in [2.45, 2.75) is 13.8 Å². The number of fused-ring (bicyclic) bond motifs is 1. The first-order valence-electron chi connectivity index (χ1n) is 9.94. The van der Waals surface area contributed by atoms with Crippen LogP contribution in [0.5, 0.6) is 0 Å². The number of carbonyl (C=O) groups is 4. The minimum atomic E-state index is -0.395. The van der Waals surface area contributed by atoms with Crippen molar-refractivity contribution in [1.82, 2.24) is 15.2 Å². The highest BCUT2D eigenvalue weighted by molar-refractivity contribution is 8.18. The molecule has 0 bridgehead atoms. The Morgan fingerprint density at radius 2 is 1.94 bits per heavy atom. The quantitative estimate of drug-likeness (QED) is 0.381. The van der Waals surface area contributed by atoms with E-state index < -0.39 is 5.91 Å². The number of Topliss-reactive ketones (excluding diaryl/α,β-unsaturated/α-hetero) is 1. The number of thioether (sulfide) groups is 1. The minimum absolute atomic E-state index is 0.0606. The van der Waals surface area contributed by atoms with Crippen LogP contribution < -0.4 is 5.32 Å². The lowest BCUT2D eigenvalue weighted by atomic mass is 10.1. The van der Waals surface area contributed by atoms with Gasteiger partial charge in [0.05, 0.1) is 9.78 Å². The Kier molecular flexibility index (Phi) is 6.64. The molecule has 0 unspecified atom stereocenters. The van der Waals surface area contributed by atoms with Gasteiger partial charge in [0.2, 0.25) is 0 Å². The van der Waals surface area contributed by atoms with Gasteiger partial charge in [-0.05, 0) is 61.0 Å². The summed E-state index contributed by atoms with van der Waals surface area (Å²) in [6, 6.07) is 8.68. The number of aryl methyl sites for hydroxylation is 1. The highest BCUT2D eigenvalue weighted by Gasteiger charge is 2.34. The van der Waals surface area contributed by atoms with Crippen LogP contribution in [0.4, 0.5) is 4.79 Å². The smallest absolute Gasteiger partial charge is 0.293 e. The van der Waals surface area contributed by atoms with Crippen LogP contribution in [0.2, 0.25) is 5.02 Å². The van der Waals surface area contributed by atoms with Gasteiger partial charge in [0, 0.05) is 35.3 Å². The molecule has 0 aliphatic carbocycles. The van der Waals surface area contributed by atoms with Gasteiger partial charge in [0.1, 0.15) is 4.83 Å². The summed E-state index contributed by atoms with van der Waals surface area (Å²) in [5, 5.41) is 3.73. The fraction of sp³-hybridized carbons (Fsp3) is 0.174. The Hall–Kier alpha value is -3.01. The second-order valence-corrected chi connectivity index (χ2v) is 9.76. The number of ketones is 1. The van der Waals surface area contributed by atoms with Crippen molar-refractivity contribution in [3.8, 4) is 0 Å². The lowest BCUT2D eigenvalue weighted by Gasteiger charge is -2.12. The second kappa shape index (κ2) is 9.46. The van der Waals surface area contributed by atoms with E-state index in [1.54, 1.807) is 43.3 Å². The molecule has 1 aromatic carbocycles. The number of pyridine rings is 1. The molecule has 0 spiro atoms. The summed E-state index contributed by atoms with van der Waals surface area (Å²) in [5.74, 6) is -0.806. The number of carbonyl (C=O) groups excluding carboxylic acids is 4. The van der Waals surface area contributed by atoms with Gasteiger partial charge in [0.15, 0.2) is 5.78 Å². The number of halogens is 1. The highest BCUT2D eigenvalue weighted by atomic mass is 35.5. The molecule has 0 radical (unpaired) electrons. The molecule has 1 N–H and O–H groups in total. The maximum atomic E-state index is 12.7. The maximum absolute atomic E-state index is 12.7. The van der Waals surface area contributed by atoms with Crippen LogP contribution in [0, 0.1) is 6.92 Å². The molecule has 3 heterocycles. The molecule has 0 saturated carbocycles. The summed E-state index contributed by atoms with van der Waals surface area (Å²) >= 11 is 7.97. The summed E-state index contributed by atoms with van der Waals surface area (Å²) < 4.78 is 0. The zero-order chi connectivity index (χ0) is 23.7. The lowest BCUT2D eigenvalue weighted by molar-refractivity contribution is -0.122. The van der Waals surface area contributed by atoms with Gasteiger partial charge in [-0.3, -0.25) is 24.1 Å². The number of thiophene rings is 1. The molecule has 2 aromatic heterocycles. The Morgan fingerprint density at radius 1 is 1.21 bits per heavy atom. The van der Waals surface area contributed by atoms with E-state index in [0.29, 0.717) is 25.2 Å². The van der Waals surface area contributed by atoms with Crippen molar-refractivity contribution in [2.75, 3.05) is 13.1 Å². The SMILES string of the molecule is CC(=O)c1cnc2sc(C(=O)NCCN3C(=O)S/C(=C\c4ccc(Cl)cc4)C3=O)c(C)c2c1. The molecule has 1 aliphatic rings. The van der Waals surface area contributed by atoms with Gasteiger partial charge in [-0.2, -0.15) is 0 Å². The van der Waals surface area contributed by atoms with Crippen molar-refractivity contribution in [2.24, 2.45) is 0 Å². The standard InChI is InChI=1S/C23H18ClN3O4S2/c1-12-17-10-15(13(2)28)11-26-21(17)33-19(12)20(29)25-7-8-27-22(30)18(32-23(27)31)9-14-3-5-16(24)6-4-14/h3-6,9-11H,7-8H2,1-2H3,(H,25,29)/b18-9-.